The average Bonchev–Trinajstić information content (AvgIpc) is 2.46. The number of nitrogens with one attached hydrogen (secondary N) is 1. The zero-order valence-electron chi connectivity index (χ0n) is 13.2. The quantitative estimate of drug-likeness (QED) is 0.862. The Kier molecular flexibility index (Phi) is 5.78. The van der Waals surface area contributed by atoms with E-state index in [1.54, 1.807) is 0 Å². The van der Waals surface area contributed by atoms with Crippen LogP contribution in [0.5, 0.6) is 0 Å². The van der Waals surface area contributed by atoms with Crippen LogP contribution in [0.25, 0.3) is 6.08 Å². The molecule has 0 bridgehead atoms. The fourth-order valence-corrected chi connectivity index (χ4v) is 2.86. The van der Waals surface area contributed by atoms with Crippen molar-refractivity contribution in [1.29, 1.82) is 0 Å². The van der Waals surface area contributed by atoms with Gasteiger partial charge in [0.1, 0.15) is 0 Å². The van der Waals surface area contributed by atoms with E-state index in [2.05, 4.69) is 49.3 Å². The van der Waals surface area contributed by atoms with E-state index in [9.17, 15) is 0 Å². The van der Waals surface area contributed by atoms with E-state index >= 15 is 0 Å². The van der Waals surface area contributed by atoms with Gasteiger partial charge in [0.2, 0.25) is 0 Å². The number of aromatic nitrogens is 1. The highest BCUT2D eigenvalue weighted by Crippen LogP contribution is 2.30. The second kappa shape index (κ2) is 7.58. The Hall–Kier alpha value is -1.15. The monoisotopic (exact) mass is 272 g/mol. The number of rotatable bonds is 5. The normalized spacial score (nSPS) is 17.7. The van der Waals surface area contributed by atoms with Gasteiger partial charge in [-0.05, 0) is 43.4 Å². The molecule has 1 aromatic heterocycles. The molecule has 110 valence electrons. The van der Waals surface area contributed by atoms with E-state index in [1.807, 2.05) is 6.20 Å². The van der Waals surface area contributed by atoms with E-state index in [0.717, 1.165) is 18.2 Å². The third kappa shape index (κ3) is 4.75. The zero-order valence-corrected chi connectivity index (χ0v) is 13.2. The molecule has 1 N–H and O–H groups in total. The summed E-state index contributed by atoms with van der Waals surface area (Å²) in [5.74, 6) is 0.748. The van der Waals surface area contributed by atoms with Gasteiger partial charge >= 0.3 is 0 Å². The first-order valence-electron chi connectivity index (χ1n) is 8.01. The van der Waals surface area contributed by atoms with E-state index in [0.29, 0.717) is 6.04 Å². The highest BCUT2D eigenvalue weighted by atomic mass is 14.9. The van der Waals surface area contributed by atoms with Crippen LogP contribution in [0, 0.1) is 12.8 Å². The molecule has 2 nitrogen and oxygen atoms in total. The van der Waals surface area contributed by atoms with Gasteiger partial charge in [0.25, 0.3) is 0 Å². The summed E-state index contributed by atoms with van der Waals surface area (Å²) in [7, 11) is 0. The molecule has 1 heterocycles. The van der Waals surface area contributed by atoms with Crippen LogP contribution in [0.4, 0.5) is 0 Å². The van der Waals surface area contributed by atoms with Gasteiger partial charge in [-0.15, -0.1) is 0 Å². The average molecular weight is 272 g/mol. The summed E-state index contributed by atoms with van der Waals surface area (Å²) >= 11 is 0. The molecule has 1 aliphatic carbocycles. The van der Waals surface area contributed by atoms with Crippen molar-refractivity contribution in [3.05, 3.63) is 35.2 Å². The predicted octanol–water partition coefficient (Wildman–Crippen LogP) is 4.35. The van der Waals surface area contributed by atoms with Gasteiger partial charge < -0.3 is 5.32 Å². The lowest BCUT2D eigenvalue weighted by molar-refractivity contribution is 0.394. The lowest BCUT2D eigenvalue weighted by Gasteiger charge is -2.25. The highest BCUT2D eigenvalue weighted by molar-refractivity contribution is 5.50. The minimum Gasteiger partial charge on any atom is -0.311 e. The van der Waals surface area contributed by atoms with Gasteiger partial charge in [0.15, 0.2) is 0 Å². The van der Waals surface area contributed by atoms with Gasteiger partial charge in [-0.3, -0.25) is 4.98 Å². The second-order valence-electron chi connectivity index (χ2n) is 6.35. The van der Waals surface area contributed by atoms with Gasteiger partial charge in [0, 0.05) is 18.8 Å². The number of hydrogen-bond donors (Lipinski definition) is 1. The van der Waals surface area contributed by atoms with Gasteiger partial charge in [-0.25, -0.2) is 0 Å². The van der Waals surface area contributed by atoms with Crippen molar-refractivity contribution in [2.24, 2.45) is 5.92 Å². The molecule has 1 aromatic rings. The Morgan fingerprint density at radius 1 is 1.30 bits per heavy atom. The molecular formula is C18H28N2. The predicted molar refractivity (Wildman–Crippen MR) is 86.7 cm³/mol. The Morgan fingerprint density at radius 3 is 2.65 bits per heavy atom. The second-order valence-corrected chi connectivity index (χ2v) is 6.35. The van der Waals surface area contributed by atoms with Crippen molar-refractivity contribution in [3.8, 4) is 0 Å². The van der Waals surface area contributed by atoms with Crippen LogP contribution in [0.3, 0.4) is 0 Å². The standard InChI is InChI=1S/C18H28N2/c1-14(2)19-13-17(16-7-5-4-6-8-16)11-18-10-9-15(3)12-20-18/h9-12,14,16,19H,4-8,13H2,1-3H3/b17-11-. The molecule has 1 saturated carbocycles. The summed E-state index contributed by atoms with van der Waals surface area (Å²) < 4.78 is 0. The molecule has 1 aliphatic rings. The number of aryl methyl sites for hydroxylation is 1. The molecule has 0 spiro atoms. The topological polar surface area (TPSA) is 24.9 Å². The molecule has 0 saturated heterocycles. The highest BCUT2D eigenvalue weighted by Gasteiger charge is 2.18. The van der Waals surface area contributed by atoms with Gasteiger partial charge in [-0.2, -0.15) is 0 Å². The SMILES string of the molecule is Cc1ccc(/C=C(/CNC(C)C)C2CCCCC2)nc1. The van der Waals surface area contributed by atoms with E-state index in [1.165, 1.54) is 43.2 Å². The van der Waals surface area contributed by atoms with Crippen molar-refractivity contribution in [2.75, 3.05) is 6.54 Å². The lowest BCUT2D eigenvalue weighted by atomic mass is 9.83. The summed E-state index contributed by atoms with van der Waals surface area (Å²) in [5.41, 5.74) is 3.86. The van der Waals surface area contributed by atoms with Crippen LogP contribution in [0.15, 0.2) is 23.9 Å². The summed E-state index contributed by atoms with van der Waals surface area (Å²) in [5, 5.41) is 3.58. The first-order valence-corrected chi connectivity index (χ1v) is 8.01. The summed E-state index contributed by atoms with van der Waals surface area (Å²) in [6, 6.07) is 4.81. The molecule has 2 rings (SSSR count). The molecule has 0 aromatic carbocycles. The van der Waals surface area contributed by atoms with Gasteiger partial charge in [-0.1, -0.05) is 44.7 Å². The first kappa shape index (κ1) is 15.2. The molecule has 20 heavy (non-hydrogen) atoms. The Balaban J connectivity index is 2.13. The van der Waals surface area contributed by atoms with Crippen molar-refractivity contribution in [3.63, 3.8) is 0 Å². The zero-order chi connectivity index (χ0) is 14.4. The molecule has 0 unspecified atom stereocenters. The largest absolute Gasteiger partial charge is 0.311 e. The Labute approximate surface area is 123 Å². The summed E-state index contributed by atoms with van der Waals surface area (Å²) in [6.45, 7) is 7.51. The van der Waals surface area contributed by atoms with Crippen LogP contribution in [0.2, 0.25) is 0 Å². The van der Waals surface area contributed by atoms with Crippen LogP contribution >= 0.6 is 0 Å². The Bertz CT molecular complexity index is 425. The van der Waals surface area contributed by atoms with E-state index < -0.39 is 0 Å². The summed E-state index contributed by atoms with van der Waals surface area (Å²) in [6.07, 6.45) is 11.1. The first-order chi connectivity index (χ1) is 9.65. The van der Waals surface area contributed by atoms with E-state index in [4.69, 9.17) is 0 Å². The van der Waals surface area contributed by atoms with Crippen LogP contribution in [-0.4, -0.2) is 17.6 Å². The fraction of sp³-hybridized carbons (Fsp3) is 0.611. The third-order valence-corrected chi connectivity index (χ3v) is 4.11. The van der Waals surface area contributed by atoms with Gasteiger partial charge in [0.05, 0.1) is 5.69 Å². The molecule has 0 radical (unpaired) electrons. The number of nitrogens with zero attached hydrogens (tertiary/aromatic N) is 1. The molecular weight excluding hydrogens is 244 g/mol. The van der Waals surface area contributed by atoms with E-state index in [-0.39, 0.29) is 0 Å². The molecule has 2 heteroatoms. The van der Waals surface area contributed by atoms with Crippen molar-refractivity contribution < 1.29 is 0 Å². The molecule has 0 aliphatic heterocycles. The number of hydrogen-bond acceptors (Lipinski definition) is 2. The maximum atomic E-state index is 4.54. The molecule has 0 atom stereocenters. The maximum absolute atomic E-state index is 4.54. The molecule has 1 fully saturated rings. The smallest absolute Gasteiger partial charge is 0.0629 e. The van der Waals surface area contributed by atoms with Crippen molar-refractivity contribution >= 4 is 6.08 Å². The van der Waals surface area contributed by atoms with Crippen molar-refractivity contribution in [2.45, 2.75) is 58.9 Å². The summed E-state index contributed by atoms with van der Waals surface area (Å²) in [4.78, 5) is 4.54. The number of pyridine rings is 1. The van der Waals surface area contributed by atoms with Crippen LogP contribution < -0.4 is 5.32 Å². The lowest BCUT2D eigenvalue weighted by Crippen LogP contribution is -2.28. The third-order valence-electron chi connectivity index (χ3n) is 4.11. The minimum atomic E-state index is 0.535. The minimum absolute atomic E-state index is 0.535. The fourth-order valence-electron chi connectivity index (χ4n) is 2.86. The Morgan fingerprint density at radius 2 is 2.05 bits per heavy atom. The van der Waals surface area contributed by atoms with Crippen molar-refractivity contribution in [1.82, 2.24) is 10.3 Å². The maximum Gasteiger partial charge on any atom is 0.0629 e. The van der Waals surface area contributed by atoms with Crippen LogP contribution in [0.1, 0.15) is 57.2 Å². The van der Waals surface area contributed by atoms with Crippen LogP contribution in [-0.2, 0) is 0 Å². The molecule has 0 amide bonds.